The first-order valence-corrected chi connectivity index (χ1v) is 26.6. The summed E-state index contributed by atoms with van der Waals surface area (Å²) < 4.78 is 11.2. The maximum Gasteiger partial charge on any atom is 0.306 e. The zero-order valence-corrected chi connectivity index (χ0v) is 40.0. The molecule has 4 heteroatoms. The lowest BCUT2D eigenvalue weighted by Gasteiger charge is -2.16. The topological polar surface area (TPSA) is 55.8 Å². The van der Waals surface area contributed by atoms with E-state index >= 15 is 0 Å². The van der Waals surface area contributed by atoms with E-state index < -0.39 is 6.10 Å². The Kier molecular flexibility index (Phi) is 51.5. The summed E-state index contributed by atoms with van der Waals surface area (Å²) in [5.41, 5.74) is 0. The summed E-state index contributed by atoms with van der Waals surface area (Å²) in [6, 6.07) is 0. The second kappa shape index (κ2) is 52.7. The third-order valence-corrected chi connectivity index (χ3v) is 12.0. The predicted octanol–water partition coefficient (Wildman–Crippen LogP) is 18.0. The predicted molar refractivity (Wildman–Crippen MR) is 260 cm³/mol. The van der Waals surface area contributed by atoms with Gasteiger partial charge in [0.25, 0.3) is 0 Å². The van der Waals surface area contributed by atoms with Crippen LogP contribution in [0.4, 0.5) is 0 Å². The lowest BCUT2D eigenvalue weighted by Crippen LogP contribution is -2.27. The van der Waals surface area contributed by atoms with Gasteiger partial charge in [-0.2, -0.15) is 0 Å². The Hall–Kier alpha value is -1.39. The first kappa shape index (κ1) is 57.6. The normalized spacial score (nSPS) is 12.5. The van der Waals surface area contributed by atoms with Crippen LogP contribution in [0.3, 0.4) is 0 Å². The summed E-state index contributed by atoms with van der Waals surface area (Å²) in [6.07, 6.45) is 68.2. The van der Waals surface area contributed by atoms with Crippen LogP contribution in [-0.2, 0) is 14.3 Å². The Morgan fingerprint density at radius 1 is 0.407 bits per heavy atom. The molecule has 0 aliphatic heterocycles. The average molecular weight is 829 g/mol. The monoisotopic (exact) mass is 829 g/mol. The molecule has 1 atom stereocenters. The number of hydrogen-bond acceptors (Lipinski definition) is 4. The van der Waals surface area contributed by atoms with Gasteiger partial charge in [0.2, 0.25) is 0 Å². The maximum atomic E-state index is 12.3. The minimum Gasteiger partial charge on any atom is -0.457 e. The van der Waals surface area contributed by atoms with Crippen LogP contribution < -0.4 is 0 Å². The van der Waals surface area contributed by atoms with E-state index in [1.807, 2.05) is 0 Å². The van der Waals surface area contributed by atoms with E-state index in [0.29, 0.717) is 19.6 Å². The van der Waals surface area contributed by atoms with Crippen molar-refractivity contribution in [1.82, 2.24) is 0 Å². The number of rotatable bonds is 50. The molecule has 1 N–H and O–H groups in total. The first-order chi connectivity index (χ1) is 29.2. The summed E-state index contributed by atoms with van der Waals surface area (Å²) >= 11 is 0. The SMILES string of the molecule is CCCCCCC/C=C\C/C=C\C/C=C\CCCCCCCCCCC(=O)OC(CO)COCCCCCCCCCCCCCCCCCCCCCCCCCC. The summed E-state index contributed by atoms with van der Waals surface area (Å²) in [5, 5.41) is 9.66. The van der Waals surface area contributed by atoms with E-state index in [0.717, 1.165) is 32.1 Å². The Morgan fingerprint density at radius 3 is 1.07 bits per heavy atom. The van der Waals surface area contributed by atoms with E-state index in [9.17, 15) is 9.90 Å². The van der Waals surface area contributed by atoms with Crippen molar-refractivity contribution in [2.45, 2.75) is 290 Å². The molecule has 0 aromatic heterocycles. The molecule has 348 valence electrons. The van der Waals surface area contributed by atoms with Crippen molar-refractivity contribution in [1.29, 1.82) is 0 Å². The van der Waals surface area contributed by atoms with E-state index in [1.165, 1.54) is 231 Å². The smallest absolute Gasteiger partial charge is 0.306 e. The fourth-order valence-electron chi connectivity index (χ4n) is 7.99. The number of aliphatic hydroxyl groups is 1. The van der Waals surface area contributed by atoms with Gasteiger partial charge in [0.15, 0.2) is 0 Å². The van der Waals surface area contributed by atoms with Crippen molar-refractivity contribution in [3.8, 4) is 0 Å². The van der Waals surface area contributed by atoms with Crippen molar-refractivity contribution in [2.24, 2.45) is 0 Å². The van der Waals surface area contributed by atoms with Crippen molar-refractivity contribution in [3.05, 3.63) is 36.5 Å². The fraction of sp³-hybridized carbons (Fsp3) is 0.873. The second-order valence-corrected chi connectivity index (χ2v) is 18.0. The molecule has 1 unspecified atom stereocenters. The Balaban J connectivity index is 3.39. The molecule has 0 saturated heterocycles. The van der Waals surface area contributed by atoms with Gasteiger partial charge in [-0.05, 0) is 51.4 Å². The Labute approximate surface area is 370 Å². The highest BCUT2D eigenvalue weighted by Crippen LogP contribution is 2.16. The zero-order valence-electron chi connectivity index (χ0n) is 40.0. The largest absolute Gasteiger partial charge is 0.457 e. The minimum absolute atomic E-state index is 0.171. The molecule has 0 heterocycles. The maximum absolute atomic E-state index is 12.3. The third kappa shape index (κ3) is 50.9. The van der Waals surface area contributed by atoms with Crippen LogP contribution in [0.1, 0.15) is 284 Å². The highest BCUT2D eigenvalue weighted by Gasteiger charge is 2.13. The highest BCUT2D eigenvalue weighted by molar-refractivity contribution is 5.69. The van der Waals surface area contributed by atoms with Crippen LogP contribution >= 0.6 is 0 Å². The molecule has 4 nitrogen and oxygen atoms in total. The summed E-state index contributed by atoms with van der Waals surface area (Å²) in [4.78, 5) is 12.3. The third-order valence-electron chi connectivity index (χ3n) is 12.0. The van der Waals surface area contributed by atoms with E-state index in [1.54, 1.807) is 0 Å². The molecule has 0 aliphatic rings. The lowest BCUT2D eigenvalue weighted by atomic mass is 10.0. The Morgan fingerprint density at radius 2 is 0.712 bits per heavy atom. The molecule has 0 aromatic rings. The molecule has 0 rings (SSSR count). The molecular weight excluding hydrogens is 725 g/mol. The van der Waals surface area contributed by atoms with Crippen LogP contribution in [0.5, 0.6) is 0 Å². The molecule has 0 fully saturated rings. The number of carbonyl (C=O) groups excluding carboxylic acids is 1. The van der Waals surface area contributed by atoms with Gasteiger partial charge in [-0.15, -0.1) is 0 Å². The van der Waals surface area contributed by atoms with Crippen LogP contribution in [0.25, 0.3) is 0 Å². The summed E-state index contributed by atoms with van der Waals surface area (Å²) in [6.45, 7) is 5.38. The van der Waals surface area contributed by atoms with Crippen LogP contribution in [0.2, 0.25) is 0 Å². The van der Waals surface area contributed by atoms with Gasteiger partial charge in [-0.1, -0.05) is 262 Å². The highest BCUT2D eigenvalue weighted by atomic mass is 16.6. The standard InChI is InChI=1S/C55H104O4/c1-3-5-7-9-11-13-15-17-19-21-23-25-27-29-31-33-35-37-39-41-43-45-47-49-51-58-53-54(52-56)59-55(57)50-48-46-44-42-40-38-36-34-32-30-28-26-24-22-20-18-16-14-12-10-8-6-4-2/h16,18,22,24,28,30,54,56H,3-15,17,19-21,23,25-27,29,31-53H2,1-2H3/b18-16-,24-22-,30-28-. The van der Waals surface area contributed by atoms with Gasteiger partial charge in [0, 0.05) is 13.0 Å². The van der Waals surface area contributed by atoms with Crippen LogP contribution in [-0.4, -0.2) is 37.0 Å². The van der Waals surface area contributed by atoms with Gasteiger partial charge in [-0.3, -0.25) is 4.79 Å². The number of aliphatic hydroxyl groups excluding tert-OH is 1. The van der Waals surface area contributed by atoms with Gasteiger partial charge in [0.05, 0.1) is 13.2 Å². The number of allylic oxidation sites excluding steroid dienone is 6. The Bertz CT molecular complexity index is 878. The molecule has 0 spiro atoms. The van der Waals surface area contributed by atoms with Gasteiger partial charge < -0.3 is 14.6 Å². The van der Waals surface area contributed by atoms with Crippen molar-refractivity contribution in [2.75, 3.05) is 19.8 Å². The van der Waals surface area contributed by atoms with Crippen LogP contribution in [0.15, 0.2) is 36.5 Å². The molecular formula is C55H104O4. The fourth-order valence-corrected chi connectivity index (χ4v) is 7.99. The molecule has 0 amide bonds. The first-order valence-electron chi connectivity index (χ1n) is 26.6. The number of carbonyl (C=O) groups is 1. The number of esters is 1. The molecule has 0 aromatic carbocycles. The van der Waals surface area contributed by atoms with Crippen molar-refractivity contribution in [3.63, 3.8) is 0 Å². The van der Waals surface area contributed by atoms with Crippen LogP contribution in [0, 0.1) is 0 Å². The van der Waals surface area contributed by atoms with Crippen molar-refractivity contribution < 1.29 is 19.4 Å². The lowest BCUT2D eigenvalue weighted by molar-refractivity contribution is -0.154. The summed E-state index contributed by atoms with van der Waals surface area (Å²) in [7, 11) is 0. The van der Waals surface area contributed by atoms with E-state index in [-0.39, 0.29) is 12.6 Å². The molecule has 0 saturated carbocycles. The quantitative estimate of drug-likeness (QED) is 0.0377. The van der Waals surface area contributed by atoms with Crippen molar-refractivity contribution >= 4 is 5.97 Å². The summed E-state index contributed by atoms with van der Waals surface area (Å²) in [5.74, 6) is -0.202. The number of hydrogen-bond donors (Lipinski definition) is 1. The van der Waals surface area contributed by atoms with Gasteiger partial charge in [-0.25, -0.2) is 0 Å². The molecule has 0 radical (unpaired) electrons. The minimum atomic E-state index is -0.537. The molecule has 0 aliphatic carbocycles. The number of ether oxygens (including phenoxy) is 2. The second-order valence-electron chi connectivity index (χ2n) is 18.0. The molecule has 0 bridgehead atoms. The van der Waals surface area contributed by atoms with Gasteiger partial charge in [0.1, 0.15) is 6.10 Å². The van der Waals surface area contributed by atoms with E-state index in [4.69, 9.17) is 9.47 Å². The van der Waals surface area contributed by atoms with E-state index in [2.05, 4.69) is 50.3 Å². The van der Waals surface area contributed by atoms with Gasteiger partial charge >= 0.3 is 5.97 Å². The average Bonchev–Trinajstić information content (AvgIpc) is 3.24. The zero-order chi connectivity index (χ0) is 42.6. The number of unbranched alkanes of at least 4 members (excludes halogenated alkanes) is 36. The molecule has 59 heavy (non-hydrogen) atoms.